The third-order valence-electron chi connectivity index (χ3n) is 4.48. The molecule has 2 atom stereocenters. The first kappa shape index (κ1) is 17.5. The molecule has 1 aliphatic rings. The second kappa shape index (κ2) is 7.31. The Bertz CT molecular complexity index is 747. The van der Waals surface area contributed by atoms with E-state index in [-0.39, 0.29) is 23.7 Å². The smallest absolute Gasteiger partial charge is 0.272 e. The molecule has 0 unspecified atom stereocenters. The van der Waals surface area contributed by atoms with Crippen LogP contribution in [0.5, 0.6) is 0 Å². The highest BCUT2D eigenvalue weighted by molar-refractivity contribution is 5.92. The van der Waals surface area contributed by atoms with Gasteiger partial charge in [-0.1, -0.05) is 24.3 Å². The second-order valence-electron chi connectivity index (χ2n) is 6.27. The summed E-state index contributed by atoms with van der Waals surface area (Å²) in [4.78, 5) is 14.6. The van der Waals surface area contributed by atoms with Crippen LogP contribution in [-0.2, 0) is 11.3 Å². The van der Waals surface area contributed by atoms with Gasteiger partial charge in [-0.2, -0.15) is 5.10 Å². The van der Waals surface area contributed by atoms with Crippen LogP contribution in [-0.4, -0.2) is 46.2 Å². The number of hydrogen-bond acceptors (Lipinski definition) is 3. The number of alkyl halides is 2. The topological polar surface area (TPSA) is 47.4 Å². The standard InChI is InChI=1S/C18H21F2N3O2/c1-12-5-3-4-6-14(12)16-9-22(13(2)11-25-16)18(24)15-7-8-21-23(15)10-17(19)20/h3-8,13,16-17H,9-11H2,1-2H3/t13-,16+/m0/s1. The number of aromatic nitrogens is 2. The van der Waals surface area contributed by atoms with E-state index in [1.165, 1.54) is 12.3 Å². The number of halogens is 2. The van der Waals surface area contributed by atoms with Crippen molar-refractivity contribution in [3.05, 3.63) is 53.3 Å². The highest BCUT2D eigenvalue weighted by Gasteiger charge is 2.33. The van der Waals surface area contributed by atoms with Gasteiger partial charge in [0, 0.05) is 6.20 Å². The molecule has 7 heteroatoms. The molecule has 0 spiro atoms. The third kappa shape index (κ3) is 3.71. The van der Waals surface area contributed by atoms with Gasteiger partial charge in [0.05, 0.1) is 19.2 Å². The zero-order valence-electron chi connectivity index (χ0n) is 14.2. The molecular weight excluding hydrogens is 328 g/mol. The van der Waals surface area contributed by atoms with E-state index in [2.05, 4.69) is 5.10 Å². The first-order valence-corrected chi connectivity index (χ1v) is 8.25. The molecule has 0 radical (unpaired) electrons. The molecule has 5 nitrogen and oxygen atoms in total. The van der Waals surface area contributed by atoms with Crippen molar-refractivity contribution in [3.8, 4) is 0 Å². The van der Waals surface area contributed by atoms with Crippen LogP contribution in [0, 0.1) is 6.92 Å². The van der Waals surface area contributed by atoms with Crippen molar-refractivity contribution < 1.29 is 18.3 Å². The van der Waals surface area contributed by atoms with Gasteiger partial charge in [-0.15, -0.1) is 0 Å². The lowest BCUT2D eigenvalue weighted by Crippen LogP contribution is -2.48. The molecule has 0 N–H and O–H groups in total. The fraction of sp³-hybridized carbons (Fsp3) is 0.444. The van der Waals surface area contributed by atoms with Gasteiger partial charge in [0.2, 0.25) is 0 Å². The fourth-order valence-electron chi connectivity index (χ4n) is 3.11. The number of carbonyl (C=O) groups is 1. The molecule has 1 saturated heterocycles. The summed E-state index contributed by atoms with van der Waals surface area (Å²) in [6, 6.07) is 9.22. The van der Waals surface area contributed by atoms with Gasteiger partial charge in [-0.05, 0) is 31.0 Å². The van der Waals surface area contributed by atoms with Crippen LogP contribution >= 0.6 is 0 Å². The molecule has 134 valence electrons. The number of hydrogen-bond donors (Lipinski definition) is 0. The summed E-state index contributed by atoms with van der Waals surface area (Å²) in [5.74, 6) is -0.299. The van der Waals surface area contributed by atoms with Crippen LogP contribution in [0.2, 0.25) is 0 Å². The lowest BCUT2D eigenvalue weighted by molar-refractivity contribution is -0.0493. The van der Waals surface area contributed by atoms with Crippen LogP contribution in [0.15, 0.2) is 36.5 Å². The first-order valence-electron chi connectivity index (χ1n) is 8.25. The monoisotopic (exact) mass is 349 g/mol. The van der Waals surface area contributed by atoms with Crippen molar-refractivity contribution in [2.24, 2.45) is 0 Å². The van der Waals surface area contributed by atoms with Crippen LogP contribution in [0.1, 0.15) is 34.6 Å². The number of benzene rings is 1. The number of rotatable bonds is 4. The summed E-state index contributed by atoms with van der Waals surface area (Å²) in [7, 11) is 0. The Labute approximate surface area is 145 Å². The molecule has 1 fully saturated rings. The minimum atomic E-state index is -2.56. The predicted molar refractivity (Wildman–Crippen MR) is 88.6 cm³/mol. The molecule has 25 heavy (non-hydrogen) atoms. The number of nitrogens with zero attached hydrogens (tertiary/aromatic N) is 3. The molecule has 0 aliphatic carbocycles. The number of aryl methyl sites for hydroxylation is 1. The Morgan fingerprint density at radius 3 is 2.84 bits per heavy atom. The maximum atomic E-state index is 12.9. The summed E-state index contributed by atoms with van der Waals surface area (Å²) < 4.78 is 32.3. The quantitative estimate of drug-likeness (QED) is 0.852. The minimum Gasteiger partial charge on any atom is -0.370 e. The van der Waals surface area contributed by atoms with Gasteiger partial charge in [-0.25, -0.2) is 8.78 Å². The van der Waals surface area contributed by atoms with Gasteiger partial charge in [0.15, 0.2) is 0 Å². The number of amides is 1. The highest BCUT2D eigenvalue weighted by atomic mass is 19.3. The van der Waals surface area contributed by atoms with Crippen molar-refractivity contribution in [1.29, 1.82) is 0 Å². The average Bonchev–Trinajstić information content (AvgIpc) is 3.03. The maximum Gasteiger partial charge on any atom is 0.272 e. The number of morpholine rings is 1. The van der Waals surface area contributed by atoms with Gasteiger partial charge in [-0.3, -0.25) is 9.48 Å². The summed E-state index contributed by atoms with van der Waals surface area (Å²) in [6.07, 6.45) is -1.42. The molecule has 3 rings (SSSR count). The van der Waals surface area contributed by atoms with E-state index in [0.717, 1.165) is 15.8 Å². The second-order valence-corrected chi connectivity index (χ2v) is 6.27. The molecule has 2 aromatic rings. The zero-order valence-corrected chi connectivity index (χ0v) is 14.2. The number of ether oxygens (including phenoxy) is 1. The normalized spacial score (nSPS) is 20.9. The number of carbonyl (C=O) groups excluding carboxylic acids is 1. The molecule has 0 bridgehead atoms. The summed E-state index contributed by atoms with van der Waals surface area (Å²) in [6.45, 7) is 4.08. The lowest BCUT2D eigenvalue weighted by atomic mass is 10.0. The van der Waals surface area contributed by atoms with Crippen LogP contribution < -0.4 is 0 Å². The van der Waals surface area contributed by atoms with E-state index >= 15 is 0 Å². The van der Waals surface area contributed by atoms with E-state index < -0.39 is 13.0 Å². The van der Waals surface area contributed by atoms with Crippen molar-refractivity contribution >= 4 is 5.91 Å². The van der Waals surface area contributed by atoms with Crippen LogP contribution in [0.25, 0.3) is 0 Å². The lowest BCUT2D eigenvalue weighted by Gasteiger charge is -2.38. The first-order chi connectivity index (χ1) is 12.0. The molecule has 1 aromatic carbocycles. The molecule has 2 heterocycles. The minimum absolute atomic E-state index is 0.136. The third-order valence-corrected chi connectivity index (χ3v) is 4.48. The zero-order chi connectivity index (χ0) is 18.0. The Kier molecular flexibility index (Phi) is 5.13. The Morgan fingerprint density at radius 2 is 2.12 bits per heavy atom. The average molecular weight is 349 g/mol. The van der Waals surface area contributed by atoms with Crippen molar-refractivity contribution in [1.82, 2.24) is 14.7 Å². The van der Waals surface area contributed by atoms with Crippen molar-refractivity contribution in [2.45, 2.75) is 39.0 Å². The Morgan fingerprint density at radius 1 is 1.36 bits per heavy atom. The highest BCUT2D eigenvalue weighted by Crippen LogP contribution is 2.28. The van der Waals surface area contributed by atoms with E-state index in [1.807, 2.05) is 38.1 Å². The van der Waals surface area contributed by atoms with Gasteiger partial charge >= 0.3 is 0 Å². The Hall–Kier alpha value is -2.28. The summed E-state index contributed by atoms with van der Waals surface area (Å²) in [5, 5.41) is 3.85. The van der Waals surface area contributed by atoms with Gasteiger partial charge < -0.3 is 9.64 Å². The van der Waals surface area contributed by atoms with E-state index in [1.54, 1.807) is 4.90 Å². The maximum absolute atomic E-state index is 12.9. The van der Waals surface area contributed by atoms with E-state index in [0.29, 0.717) is 13.2 Å². The fourth-order valence-corrected chi connectivity index (χ4v) is 3.11. The molecular formula is C18H21F2N3O2. The molecule has 1 aromatic heterocycles. The molecule has 1 aliphatic heterocycles. The summed E-state index contributed by atoms with van der Waals surface area (Å²) in [5.41, 5.74) is 2.31. The molecule has 0 saturated carbocycles. The largest absolute Gasteiger partial charge is 0.370 e. The van der Waals surface area contributed by atoms with Crippen molar-refractivity contribution in [3.63, 3.8) is 0 Å². The molecule has 1 amide bonds. The van der Waals surface area contributed by atoms with Crippen molar-refractivity contribution in [2.75, 3.05) is 13.2 Å². The Balaban J connectivity index is 1.82. The van der Waals surface area contributed by atoms with Crippen LogP contribution in [0.3, 0.4) is 0 Å². The predicted octanol–water partition coefficient (Wildman–Crippen LogP) is 3.06. The van der Waals surface area contributed by atoms with E-state index in [9.17, 15) is 13.6 Å². The van der Waals surface area contributed by atoms with Gasteiger partial charge in [0.25, 0.3) is 12.3 Å². The van der Waals surface area contributed by atoms with E-state index in [4.69, 9.17) is 4.74 Å². The van der Waals surface area contributed by atoms with Gasteiger partial charge in [0.1, 0.15) is 18.3 Å². The summed E-state index contributed by atoms with van der Waals surface area (Å²) >= 11 is 0. The van der Waals surface area contributed by atoms with Crippen LogP contribution in [0.4, 0.5) is 8.78 Å². The SMILES string of the molecule is Cc1ccccc1[C@H]1CN(C(=O)c2ccnn2CC(F)F)[C@@H](C)CO1.